The summed E-state index contributed by atoms with van der Waals surface area (Å²) < 4.78 is 24.2. The molecule has 1 N–H and O–H groups in total. The van der Waals surface area contributed by atoms with E-state index in [9.17, 15) is 14.7 Å². The van der Waals surface area contributed by atoms with E-state index in [1.807, 2.05) is 39.8 Å². The summed E-state index contributed by atoms with van der Waals surface area (Å²) in [4.78, 5) is 31.3. The largest absolute Gasteiger partial charge is 0.433 e. The van der Waals surface area contributed by atoms with Gasteiger partial charge in [0.15, 0.2) is 12.1 Å². The van der Waals surface area contributed by atoms with E-state index in [1.165, 1.54) is 0 Å². The van der Waals surface area contributed by atoms with E-state index in [0.717, 1.165) is 25.9 Å². The smallest absolute Gasteiger partial charge is 0.321 e. The topological polar surface area (TPSA) is 97.8 Å². The Morgan fingerprint density at radius 2 is 1.74 bits per heavy atom. The Kier molecular flexibility index (Phi) is 12.4. The van der Waals surface area contributed by atoms with Crippen LogP contribution in [0, 0.1) is 23.2 Å². The zero-order valence-corrected chi connectivity index (χ0v) is 26.4. The highest BCUT2D eigenvalue weighted by Gasteiger charge is 2.45. The van der Waals surface area contributed by atoms with Crippen molar-refractivity contribution in [1.82, 2.24) is 9.80 Å². The quantitative estimate of drug-likeness (QED) is 0.372. The Hall–Kier alpha value is -1.10. The number of ketones is 1. The van der Waals surface area contributed by atoms with Gasteiger partial charge in [0.2, 0.25) is 6.29 Å². The lowest BCUT2D eigenvalue weighted by Gasteiger charge is -2.42. The number of carbonyl (C=O) groups excluding carboxylic acids is 2. The van der Waals surface area contributed by atoms with Crippen LogP contribution in [0.25, 0.3) is 0 Å². The highest BCUT2D eigenvalue weighted by atomic mass is 16.8. The van der Waals surface area contributed by atoms with Crippen molar-refractivity contribution in [1.29, 1.82) is 0 Å². The molecular weight excluding hydrogens is 500 g/mol. The zero-order chi connectivity index (χ0) is 29.7. The first-order chi connectivity index (χ1) is 18.0. The van der Waals surface area contributed by atoms with E-state index in [0.29, 0.717) is 25.3 Å². The summed E-state index contributed by atoms with van der Waals surface area (Å²) in [5.74, 6) is -0.467. The number of nitrogens with zero attached hydrogens (tertiary/aromatic N) is 2. The number of likely N-dealkylation sites (N-methyl/N-ethyl adjacent to an activating group) is 1. The third kappa shape index (κ3) is 9.47. The molecule has 2 aliphatic rings. The van der Waals surface area contributed by atoms with Crippen molar-refractivity contribution in [3.63, 3.8) is 0 Å². The van der Waals surface area contributed by atoms with Gasteiger partial charge in [-0.1, -0.05) is 27.7 Å². The van der Waals surface area contributed by atoms with Gasteiger partial charge in [-0.2, -0.15) is 0 Å². The number of aliphatic hydroxyl groups is 1. The summed E-state index contributed by atoms with van der Waals surface area (Å²) in [6, 6.07) is -0.160. The number of Topliss-reactive ketones (excluding diaryl/α,β-unsaturated/α-hetero) is 1. The molecule has 0 aromatic carbocycles. The molecule has 0 aliphatic carbocycles. The highest BCUT2D eigenvalue weighted by Crippen LogP contribution is 2.34. The Morgan fingerprint density at radius 1 is 1.10 bits per heavy atom. The molecule has 0 aromatic heterocycles. The van der Waals surface area contributed by atoms with Crippen LogP contribution in [0.3, 0.4) is 0 Å². The number of esters is 1. The van der Waals surface area contributed by atoms with Gasteiger partial charge in [-0.15, -0.1) is 0 Å². The number of rotatable bonds is 7. The molecule has 2 fully saturated rings. The zero-order valence-electron chi connectivity index (χ0n) is 26.4. The molecule has 0 spiro atoms. The summed E-state index contributed by atoms with van der Waals surface area (Å²) in [7, 11) is 5.53. The molecule has 0 radical (unpaired) electrons. The van der Waals surface area contributed by atoms with Gasteiger partial charge in [-0.05, 0) is 85.9 Å². The molecule has 2 aliphatic heterocycles. The SMILES string of the molecule is COC1(C)CC(C)CN(CCC(C)C)CC(O[C@@H]2O[C@H](C)C[C@H](N(C)C)[C@H]2O)OC(=O)C(C)(C)C(=O)C(C)C1. The predicted octanol–water partition coefficient (Wildman–Crippen LogP) is 3.71. The third-order valence-electron chi connectivity index (χ3n) is 8.39. The Balaban J connectivity index is 2.44. The summed E-state index contributed by atoms with van der Waals surface area (Å²) >= 11 is 0. The van der Waals surface area contributed by atoms with Crippen LogP contribution < -0.4 is 0 Å². The summed E-state index contributed by atoms with van der Waals surface area (Å²) in [5, 5.41) is 11.1. The molecule has 228 valence electrons. The molecule has 9 heteroatoms. The number of hydrogen-bond acceptors (Lipinski definition) is 9. The summed E-state index contributed by atoms with van der Waals surface area (Å²) in [6.07, 6.45) is -0.117. The second-order valence-corrected chi connectivity index (χ2v) is 13.5. The van der Waals surface area contributed by atoms with Crippen molar-refractivity contribution in [3.05, 3.63) is 0 Å². The number of aliphatic hydroxyl groups excluding tert-OH is 1. The summed E-state index contributed by atoms with van der Waals surface area (Å²) in [6.45, 7) is 17.5. The molecule has 0 saturated carbocycles. The lowest BCUT2D eigenvalue weighted by Crippen LogP contribution is -2.56. The van der Waals surface area contributed by atoms with Gasteiger partial charge in [0.25, 0.3) is 0 Å². The Labute approximate surface area is 236 Å². The van der Waals surface area contributed by atoms with Crippen LogP contribution in [-0.4, -0.2) is 104 Å². The van der Waals surface area contributed by atoms with E-state index in [-0.39, 0.29) is 23.8 Å². The second kappa shape index (κ2) is 14.2. The Bertz CT molecular complexity index is 804. The number of methoxy groups -OCH3 is 1. The first-order valence-corrected chi connectivity index (χ1v) is 14.7. The maximum absolute atomic E-state index is 13.5. The standard InChI is InChI=1S/C30H56N2O7/c1-19(2)12-13-32-17-20(3)15-30(8,36-11)16-21(4)26(34)29(6,7)28(35)39-24(18-32)38-27-25(33)23(31(9)10)14-22(5)37-27/h19-25,27,33H,12-18H2,1-11H3/t20?,21?,22-,23+,24?,25-,27+,30?/m1/s1. The fourth-order valence-corrected chi connectivity index (χ4v) is 6.04. The van der Waals surface area contributed by atoms with Crippen LogP contribution in [0.1, 0.15) is 81.1 Å². The first-order valence-electron chi connectivity index (χ1n) is 14.7. The van der Waals surface area contributed by atoms with Gasteiger partial charge >= 0.3 is 5.97 Å². The second-order valence-electron chi connectivity index (χ2n) is 13.5. The lowest BCUT2D eigenvalue weighted by molar-refractivity contribution is -0.304. The van der Waals surface area contributed by atoms with Crippen LogP contribution >= 0.6 is 0 Å². The first kappa shape index (κ1) is 34.1. The lowest BCUT2D eigenvalue weighted by atomic mass is 9.76. The van der Waals surface area contributed by atoms with Crippen LogP contribution in [-0.2, 0) is 28.5 Å². The average molecular weight is 557 g/mol. The van der Waals surface area contributed by atoms with Gasteiger partial charge in [-0.25, -0.2) is 0 Å². The molecule has 9 nitrogen and oxygen atoms in total. The molecule has 0 aromatic rings. The van der Waals surface area contributed by atoms with Crippen LogP contribution in [0.2, 0.25) is 0 Å². The molecule has 2 heterocycles. The van der Waals surface area contributed by atoms with Crippen molar-refractivity contribution in [2.75, 3.05) is 40.8 Å². The number of ether oxygens (including phenoxy) is 4. The van der Waals surface area contributed by atoms with E-state index in [4.69, 9.17) is 18.9 Å². The molecule has 2 saturated heterocycles. The van der Waals surface area contributed by atoms with Crippen molar-refractivity contribution in [2.24, 2.45) is 23.2 Å². The van der Waals surface area contributed by atoms with E-state index in [1.54, 1.807) is 21.0 Å². The maximum Gasteiger partial charge on any atom is 0.321 e. The fourth-order valence-electron chi connectivity index (χ4n) is 6.04. The monoisotopic (exact) mass is 556 g/mol. The third-order valence-corrected chi connectivity index (χ3v) is 8.39. The van der Waals surface area contributed by atoms with Gasteiger partial charge < -0.3 is 29.0 Å². The van der Waals surface area contributed by atoms with Gasteiger partial charge in [0, 0.05) is 25.6 Å². The van der Waals surface area contributed by atoms with Gasteiger partial charge in [-0.3, -0.25) is 14.5 Å². The van der Waals surface area contributed by atoms with Crippen molar-refractivity contribution in [3.8, 4) is 0 Å². The Morgan fingerprint density at radius 3 is 2.31 bits per heavy atom. The van der Waals surface area contributed by atoms with Crippen LogP contribution in [0.4, 0.5) is 0 Å². The maximum atomic E-state index is 13.5. The average Bonchev–Trinajstić information content (AvgIpc) is 2.82. The minimum atomic E-state index is -1.37. The number of carbonyl (C=O) groups is 2. The summed E-state index contributed by atoms with van der Waals surface area (Å²) in [5.41, 5.74) is -1.87. The molecule has 0 bridgehead atoms. The van der Waals surface area contributed by atoms with Crippen LogP contribution in [0.15, 0.2) is 0 Å². The highest BCUT2D eigenvalue weighted by molar-refractivity contribution is 6.03. The minimum Gasteiger partial charge on any atom is -0.433 e. The van der Waals surface area contributed by atoms with E-state index < -0.39 is 41.6 Å². The van der Waals surface area contributed by atoms with Gasteiger partial charge in [0.1, 0.15) is 11.5 Å². The predicted molar refractivity (Wildman–Crippen MR) is 151 cm³/mol. The number of cyclic esters (lactones) is 1. The van der Waals surface area contributed by atoms with Crippen molar-refractivity contribution >= 4 is 11.8 Å². The molecule has 2 rings (SSSR count). The molecular formula is C30H56N2O7. The molecule has 0 amide bonds. The fraction of sp³-hybridized carbons (Fsp3) is 0.933. The van der Waals surface area contributed by atoms with Crippen LogP contribution in [0.5, 0.6) is 0 Å². The van der Waals surface area contributed by atoms with Crippen molar-refractivity contribution < 1.29 is 33.6 Å². The van der Waals surface area contributed by atoms with E-state index >= 15 is 0 Å². The van der Waals surface area contributed by atoms with E-state index in [2.05, 4.69) is 25.7 Å². The minimum absolute atomic E-state index is 0.140. The molecule has 8 atom stereocenters. The molecule has 39 heavy (non-hydrogen) atoms. The van der Waals surface area contributed by atoms with Gasteiger partial charge in [0.05, 0.1) is 18.2 Å². The number of hydrogen-bond donors (Lipinski definition) is 1. The molecule has 4 unspecified atom stereocenters. The normalized spacial score (nSPS) is 37.7. The van der Waals surface area contributed by atoms with Crippen molar-refractivity contribution in [2.45, 2.75) is 118 Å².